The van der Waals surface area contributed by atoms with Crippen molar-refractivity contribution >= 4 is 17.3 Å². The molecule has 4 N–H and O–H groups in total. The maximum Gasteiger partial charge on any atom is 0.108 e. The Bertz CT molecular complexity index is 297. The van der Waals surface area contributed by atoms with E-state index in [1.165, 1.54) is 0 Å². The van der Waals surface area contributed by atoms with Gasteiger partial charge in [-0.3, -0.25) is 0 Å². The molecule has 0 aliphatic heterocycles. The molecule has 4 heteroatoms. The first-order chi connectivity index (χ1) is 6.57. The average Bonchev–Trinajstić information content (AvgIpc) is 2.16. The highest BCUT2D eigenvalue weighted by molar-refractivity contribution is 6.18. The predicted octanol–water partition coefficient (Wildman–Crippen LogP) is 1.21. The Kier molecular flexibility index (Phi) is 3.75. The zero-order valence-electron chi connectivity index (χ0n) is 7.94. The van der Waals surface area contributed by atoms with Crippen LogP contribution < -0.4 is 5.73 Å². The Morgan fingerprint density at radius 1 is 1.43 bits per heavy atom. The number of hydrogen-bond donors (Lipinski definition) is 3. The number of aliphatic hydroxyl groups excluding tert-OH is 2. The van der Waals surface area contributed by atoms with E-state index in [0.717, 1.165) is 5.56 Å². The summed E-state index contributed by atoms with van der Waals surface area (Å²) in [6.45, 7) is 1.83. The second-order valence-electron chi connectivity index (χ2n) is 3.24. The molecule has 1 aromatic rings. The Morgan fingerprint density at radius 2 is 2.07 bits per heavy atom. The number of alkyl halides is 1. The first-order valence-corrected chi connectivity index (χ1v) is 4.88. The number of nitrogens with two attached hydrogens (primary N) is 1. The second kappa shape index (κ2) is 4.64. The van der Waals surface area contributed by atoms with Crippen molar-refractivity contribution in [1.29, 1.82) is 0 Å². The molecule has 0 saturated heterocycles. The van der Waals surface area contributed by atoms with Gasteiger partial charge in [0.2, 0.25) is 0 Å². The highest BCUT2D eigenvalue weighted by Crippen LogP contribution is 2.26. The molecule has 1 aromatic carbocycles. The summed E-state index contributed by atoms with van der Waals surface area (Å²) < 4.78 is 0. The fourth-order valence-corrected chi connectivity index (χ4v) is 1.55. The monoisotopic (exact) mass is 215 g/mol. The third-order valence-corrected chi connectivity index (χ3v) is 2.49. The van der Waals surface area contributed by atoms with E-state index in [0.29, 0.717) is 11.3 Å². The molecular weight excluding hydrogens is 202 g/mol. The number of aliphatic hydroxyl groups is 2. The largest absolute Gasteiger partial charge is 0.398 e. The van der Waals surface area contributed by atoms with E-state index in [-0.39, 0.29) is 5.88 Å². The summed E-state index contributed by atoms with van der Waals surface area (Å²) in [5.41, 5.74) is 7.58. The van der Waals surface area contributed by atoms with Gasteiger partial charge in [0.1, 0.15) is 6.10 Å². The summed E-state index contributed by atoms with van der Waals surface area (Å²) in [5, 5.41) is 19.1. The minimum Gasteiger partial charge on any atom is -0.398 e. The molecule has 2 unspecified atom stereocenters. The maximum atomic E-state index is 9.74. The van der Waals surface area contributed by atoms with Crippen LogP contribution in [-0.4, -0.2) is 22.2 Å². The molecule has 2 atom stereocenters. The van der Waals surface area contributed by atoms with E-state index in [1.807, 2.05) is 13.0 Å². The normalized spacial score (nSPS) is 15.1. The summed E-state index contributed by atoms with van der Waals surface area (Å²) in [4.78, 5) is 0. The van der Waals surface area contributed by atoms with E-state index < -0.39 is 12.2 Å². The van der Waals surface area contributed by atoms with Crippen LogP contribution in [-0.2, 0) is 0 Å². The Labute approximate surface area is 88.1 Å². The highest BCUT2D eigenvalue weighted by atomic mass is 35.5. The molecule has 0 radical (unpaired) electrons. The SMILES string of the molecule is Cc1cccc(N)c1C(O)C(O)CCl. The molecular formula is C10H14ClNO2. The lowest BCUT2D eigenvalue weighted by Gasteiger charge is -2.19. The third kappa shape index (κ3) is 2.18. The first kappa shape index (κ1) is 11.3. The van der Waals surface area contributed by atoms with Crippen molar-refractivity contribution in [2.75, 3.05) is 11.6 Å². The molecule has 1 rings (SSSR count). The molecule has 0 bridgehead atoms. The number of rotatable bonds is 3. The van der Waals surface area contributed by atoms with Crippen molar-refractivity contribution < 1.29 is 10.2 Å². The minimum atomic E-state index is -1.02. The second-order valence-corrected chi connectivity index (χ2v) is 3.55. The zero-order valence-corrected chi connectivity index (χ0v) is 8.70. The first-order valence-electron chi connectivity index (χ1n) is 4.35. The van der Waals surface area contributed by atoms with Crippen molar-refractivity contribution in [1.82, 2.24) is 0 Å². The van der Waals surface area contributed by atoms with Gasteiger partial charge in [-0.25, -0.2) is 0 Å². The van der Waals surface area contributed by atoms with E-state index in [9.17, 15) is 10.2 Å². The third-order valence-electron chi connectivity index (χ3n) is 2.18. The molecule has 0 heterocycles. The molecule has 14 heavy (non-hydrogen) atoms. The molecule has 0 aliphatic carbocycles. The number of benzene rings is 1. The van der Waals surface area contributed by atoms with Crippen LogP contribution in [0.15, 0.2) is 18.2 Å². The molecule has 0 amide bonds. The molecule has 0 fully saturated rings. The van der Waals surface area contributed by atoms with Crippen molar-refractivity contribution in [2.24, 2.45) is 0 Å². The van der Waals surface area contributed by atoms with Crippen LogP contribution >= 0.6 is 11.6 Å². The molecule has 0 aliphatic rings. The molecule has 3 nitrogen and oxygen atoms in total. The van der Waals surface area contributed by atoms with Gasteiger partial charge in [0, 0.05) is 11.3 Å². The Morgan fingerprint density at radius 3 is 2.57 bits per heavy atom. The van der Waals surface area contributed by atoms with E-state index in [4.69, 9.17) is 17.3 Å². The van der Waals surface area contributed by atoms with E-state index in [2.05, 4.69) is 0 Å². The van der Waals surface area contributed by atoms with Crippen LogP contribution in [0.2, 0.25) is 0 Å². The van der Waals surface area contributed by atoms with Crippen LogP contribution in [0.3, 0.4) is 0 Å². The quantitative estimate of drug-likeness (QED) is 0.525. The predicted molar refractivity (Wildman–Crippen MR) is 57.3 cm³/mol. The number of aryl methyl sites for hydroxylation is 1. The van der Waals surface area contributed by atoms with E-state index >= 15 is 0 Å². The lowest BCUT2D eigenvalue weighted by atomic mass is 9.98. The standard InChI is InChI=1S/C10H14ClNO2/c1-6-3-2-4-7(12)9(6)10(14)8(13)5-11/h2-4,8,10,13-14H,5,12H2,1H3. The van der Waals surface area contributed by atoms with Crippen molar-refractivity contribution in [3.63, 3.8) is 0 Å². The smallest absolute Gasteiger partial charge is 0.108 e. The van der Waals surface area contributed by atoms with Gasteiger partial charge in [0.15, 0.2) is 0 Å². The number of halogens is 1. The number of anilines is 1. The van der Waals surface area contributed by atoms with Crippen molar-refractivity contribution in [3.8, 4) is 0 Å². The minimum absolute atomic E-state index is 0.0189. The summed E-state index contributed by atoms with van der Waals surface area (Å²) in [6.07, 6.45) is -2.01. The fourth-order valence-electron chi connectivity index (χ4n) is 1.38. The van der Waals surface area contributed by atoms with Crippen LogP contribution in [0.1, 0.15) is 17.2 Å². The topological polar surface area (TPSA) is 66.5 Å². The van der Waals surface area contributed by atoms with Crippen LogP contribution in [0.4, 0.5) is 5.69 Å². The fraction of sp³-hybridized carbons (Fsp3) is 0.400. The lowest BCUT2D eigenvalue weighted by Crippen LogP contribution is -2.21. The van der Waals surface area contributed by atoms with Gasteiger partial charge < -0.3 is 15.9 Å². The summed E-state index contributed by atoms with van der Waals surface area (Å²) in [6, 6.07) is 5.32. The van der Waals surface area contributed by atoms with Crippen LogP contribution in [0, 0.1) is 6.92 Å². The van der Waals surface area contributed by atoms with Crippen molar-refractivity contribution in [2.45, 2.75) is 19.1 Å². The molecule has 0 spiro atoms. The zero-order chi connectivity index (χ0) is 10.7. The summed E-state index contributed by atoms with van der Waals surface area (Å²) in [5.74, 6) is -0.0189. The molecule has 0 aromatic heterocycles. The van der Waals surface area contributed by atoms with Gasteiger partial charge in [-0.1, -0.05) is 12.1 Å². The average molecular weight is 216 g/mol. The van der Waals surface area contributed by atoms with Gasteiger partial charge >= 0.3 is 0 Å². The van der Waals surface area contributed by atoms with Gasteiger partial charge in [-0.05, 0) is 18.6 Å². The maximum absolute atomic E-state index is 9.74. The summed E-state index contributed by atoms with van der Waals surface area (Å²) >= 11 is 5.45. The molecule has 0 saturated carbocycles. The lowest BCUT2D eigenvalue weighted by molar-refractivity contribution is 0.0328. The van der Waals surface area contributed by atoms with Crippen molar-refractivity contribution in [3.05, 3.63) is 29.3 Å². The highest BCUT2D eigenvalue weighted by Gasteiger charge is 2.20. The van der Waals surface area contributed by atoms with Crippen LogP contribution in [0.5, 0.6) is 0 Å². The van der Waals surface area contributed by atoms with Crippen LogP contribution in [0.25, 0.3) is 0 Å². The number of nitrogen functional groups attached to an aromatic ring is 1. The molecule has 78 valence electrons. The Balaban J connectivity index is 3.05. The van der Waals surface area contributed by atoms with Gasteiger partial charge in [0.25, 0.3) is 0 Å². The number of hydrogen-bond acceptors (Lipinski definition) is 3. The van der Waals surface area contributed by atoms with Gasteiger partial charge in [-0.2, -0.15) is 0 Å². The Hall–Kier alpha value is -0.770. The van der Waals surface area contributed by atoms with Gasteiger partial charge in [-0.15, -0.1) is 11.6 Å². The van der Waals surface area contributed by atoms with Gasteiger partial charge in [0.05, 0.1) is 12.0 Å². The van der Waals surface area contributed by atoms with E-state index in [1.54, 1.807) is 12.1 Å². The summed E-state index contributed by atoms with van der Waals surface area (Å²) in [7, 11) is 0.